The summed E-state index contributed by atoms with van der Waals surface area (Å²) in [6.45, 7) is 0. The van der Waals surface area contributed by atoms with Gasteiger partial charge in [0.15, 0.2) is 0 Å². The van der Waals surface area contributed by atoms with Crippen molar-refractivity contribution in [1.29, 1.82) is 0 Å². The molecule has 0 unspecified atom stereocenters. The van der Waals surface area contributed by atoms with E-state index in [1.165, 1.54) is 34.9 Å². The van der Waals surface area contributed by atoms with E-state index in [9.17, 15) is 27.6 Å². The molecule has 2 N–H and O–H groups in total. The molecule has 1 aliphatic rings. The van der Waals surface area contributed by atoms with Gasteiger partial charge in [-0.2, -0.15) is 13.2 Å². The van der Waals surface area contributed by atoms with Gasteiger partial charge in [0.25, 0.3) is 17.5 Å². The molecule has 1 atom stereocenters. The summed E-state index contributed by atoms with van der Waals surface area (Å²) < 4.78 is 39.8. The van der Waals surface area contributed by atoms with Crippen LogP contribution in [-0.2, 0) is 4.79 Å². The van der Waals surface area contributed by atoms with Gasteiger partial charge in [-0.05, 0) is 12.1 Å². The largest absolute Gasteiger partial charge is 0.440 e. The number of imide groups is 1. The Labute approximate surface area is 127 Å². The van der Waals surface area contributed by atoms with Crippen molar-refractivity contribution in [2.45, 2.75) is 11.8 Å². The maximum absolute atomic E-state index is 13.3. The molecule has 1 aromatic carbocycles. The molecule has 6 nitrogen and oxygen atoms in total. The summed E-state index contributed by atoms with van der Waals surface area (Å²) in [7, 11) is 0.868. The molecule has 22 heavy (non-hydrogen) atoms. The first kappa shape index (κ1) is 16.1. The number of halogens is 4. The second-order valence-electron chi connectivity index (χ2n) is 4.48. The molecule has 1 saturated heterocycles. The molecule has 0 saturated carbocycles. The average Bonchev–Trinajstić information content (AvgIpc) is 2.64. The third-order valence-electron chi connectivity index (χ3n) is 3.07. The van der Waals surface area contributed by atoms with Crippen molar-refractivity contribution in [2.75, 3.05) is 7.05 Å². The predicted octanol–water partition coefficient (Wildman–Crippen LogP) is 1.51. The molecule has 118 valence electrons. The molecule has 10 heteroatoms. The second kappa shape index (κ2) is 5.16. The van der Waals surface area contributed by atoms with Crippen LogP contribution in [0.4, 0.5) is 18.0 Å². The molecule has 0 aliphatic carbocycles. The summed E-state index contributed by atoms with van der Waals surface area (Å²) >= 11 is 5.73. The number of rotatable bonds is 2. The number of alkyl halides is 3. The first-order valence-electron chi connectivity index (χ1n) is 5.84. The minimum absolute atomic E-state index is 0.0950. The number of carbonyl (C=O) groups is 3. The van der Waals surface area contributed by atoms with Crippen LogP contribution in [0, 0.1) is 0 Å². The summed E-state index contributed by atoms with van der Waals surface area (Å²) in [4.78, 5) is 35.4. The molecular weight excluding hydrogens is 327 g/mol. The van der Waals surface area contributed by atoms with Crippen molar-refractivity contribution >= 4 is 29.4 Å². The first-order chi connectivity index (χ1) is 10.1. The van der Waals surface area contributed by atoms with Crippen molar-refractivity contribution in [1.82, 2.24) is 15.5 Å². The Bertz CT molecular complexity index is 665. The lowest BCUT2D eigenvalue weighted by Crippen LogP contribution is -2.69. The SMILES string of the molecule is CN1C(=O)N[C@@](NC(=O)c2ccccc2Cl)(C(F)(F)F)C1=O. The van der Waals surface area contributed by atoms with E-state index in [0.29, 0.717) is 0 Å². The number of nitrogens with zero attached hydrogens (tertiary/aromatic N) is 1. The number of carbonyl (C=O) groups excluding carboxylic acids is 3. The molecule has 1 heterocycles. The van der Waals surface area contributed by atoms with Gasteiger partial charge in [-0.15, -0.1) is 0 Å². The van der Waals surface area contributed by atoms with Crippen molar-refractivity contribution in [3.8, 4) is 0 Å². The van der Waals surface area contributed by atoms with Crippen molar-refractivity contribution in [2.24, 2.45) is 0 Å². The van der Waals surface area contributed by atoms with Crippen LogP contribution in [-0.4, -0.2) is 41.6 Å². The maximum atomic E-state index is 13.3. The highest BCUT2D eigenvalue weighted by atomic mass is 35.5. The smallest absolute Gasteiger partial charge is 0.314 e. The van der Waals surface area contributed by atoms with E-state index in [1.807, 2.05) is 0 Å². The molecule has 0 radical (unpaired) electrons. The number of benzene rings is 1. The van der Waals surface area contributed by atoms with E-state index < -0.39 is 29.7 Å². The van der Waals surface area contributed by atoms with Gasteiger partial charge in [-0.25, -0.2) is 4.79 Å². The van der Waals surface area contributed by atoms with Gasteiger partial charge < -0.3 is 5.32 Å². The highest BCUT2D eigenvalue weighted by molar-refractivity contribution is 6.34. The van der Waals surface area contributed by atoms with Crippen LogP contribution in [0.15, 0.2) is 24.3 Å². The number of hydrogen-bond donors (Lipinski definition) is 2. The molecule has 2 rings (SSSR count). The van der Waals surface area contributed by atoms with Gasteiger partial charge in [0, 0.05) is 7.05 Å². The zero-order valence-corrected chi connectivity index (χ0v) is 11.7. The van der Waals surface area contributed by atoms with E-state index in [4.69, 9.17) is 11.6 Å². The Kier molecular flexibility index (Phi) is 3.78. The summed E-state index contributed by atoms with van der Waals surface area (Å²) in [5.41, 5.74) is -3.78. The van der Waals surface area contributed by atoms with Crippen molar-refractivity contribution < 1.29 is 27.6 Å². The van der Waals surface area contributed by atoms with Gasteiger partial charge in [-0.1, -0.05) is 23.7 Å². The average molecular weight is 336 g/mol. The second-order valence-corrected chi connectivity index (χ2v) is 4.88. The van der Waals surface area contributed by atoms with Gasteiger partial charge in [0.2, 0.25) is 0 Å². The van der Waals surface area contributed by atoms with Gasteiger partial charge in [0.1, 0.15) is 0 Å². The zero-order valence-electron chi connectivity index (χ0n) is 11.0. The molecule has 0 spiro atoms. The highest BCUT2D eigenvalue weighted by Crippen LogP contribution is 2.33. The van der Waals surface area contributed by atoms with E-state index >= 15 is 0 Å². The fourth-order valence-electron chi connectivity index (χ4n) is 1.87. The van der Waals surface area contributed by atoms with Crippen LogP contribution in [0.5, 0.6) is 0 Å². The van der Waals surface area contributed by atoms with E-state index in [0.717, 1.165) is 7.05 Å². The number of likely N-dealkylation sites (N-methyl/N-ethyl adjacent to an activating group) is 1. The summed E-state index contributed by atoms with van der Waals surface area (Å²) in [6.07, 6.45) is -5.23. The topological polar surface area (TPSA) is 78.5 Å². The lowest BCUT2D eigenvalue weighted by molar-refractivity contribution is -0.199. The van der Waals surface area contributed by atoms with Crippen molar-refractivity contribution in [3.05, 3.63) is 34.9 Å². The summed E-state index contributed by atoms with van der Waals surface area (Å²) in [6, 6.07) is 4.09. The lowest BCUT2D eigenvalue weighted by atomic mass is 10.1. The number of nitrogens with one attached hydrogen (secondary N) is 2. The fourth-order valence-corrected chi connectivity index (χ4v) is 2.09. The van der Waals surface area contributed by atoms with Gasteiger partial charge in [0.05, 0.1) is 10.6 Å². The van der Waals surface area contributed by atoms with Crippen LogP contribution in [0.2, 0.25) is 5.02 Å². The van der Waals surface area contributed by atoms with Gasteiger partial charge >= 0.3 is 12.2 Å². The highest BCUT2D eigenvalue weighted by Gasteiger charge is 2.68. The quantitative estimate of drug-likeness (QED) is 0.804. The minimum atomic E-state index is -5.23. The standard InChI is InChI=1S/C12H9ClF3N3O3/c1-19-9(21)11(12(14,15)16,18-10(19)22)17-8(20)6-4-2-3-5-7(6)13/h2-5H,1H3,(H,17,20)(H,18,22)/t11-/m1/s1. The summed E-state index contributed by atoms with van der Waals surface area (Å²) in [5, 5.41) is 2.90. The van der Waals surface area contributed by atoms with E-state index in [2.05, 4.69) is 0 Å². The molecule has 0 aromatic heterocycles. The Hall–Kier alpha value is -2.29. The molecule has 1 fully saturated rings. The Morgan fingerprint density at radius 2 is 1.91 bits per heavy atom. The number of amides is 4. The lowest BCUT2D eigenvalue weighted by Gasteiger charge is -2.29. The molecule has 1 aliphatic heterocycles. The van der Waals surface area contributed by atoms with Crippen LogP contribution in [0.25, 0.3) is 0 Å². The first-order valence-corrected chi connectivity index (χ1v) is 6.22. The van der Waals surface area contributed by atoms with Crippen LogP contribution in [0.3, 0.4) is 0 Å². The van der Waals surface area contributed by atoms with E-state index in [-0.39, 0.29) is 15.5 Å². The van der Waals surface area contributed by atoms with Crippen molar-refractivity contribution in [3.63, 3.8) is 0 Å². The van der Waals surface area contributed by atoms with E-state index in [1.54, 1.807) is 0 Å². The maximum Gasteiger partial charge on any atom is 0.440 e. The zero-order chi connectivity index (χ0) is 16.7. The monoisotopic (exact) mass is 335 g/mol. The Morgan fingerprint density at radius 1 is 1.32 bits per heavy atom. The van der Waals surface area contributed by atoms with Crippen LogP contribution < -0.4 is 10.6 Å². The van der Waals surface area contributed by atoms with Crippen LogP contribution >= 0.6 is 11.6 Å². The number of urea groups is 1. The third kappa shape index (κ3) is 2.37. The Balaban J connectivity index is 2.42. The summed E-state index contributed by atoms with van der Waals surface area (Å²) in [5.74, 6) is -2.88. The number of hydrogen-bond acceptors (Lipinski definition) is 3. The third-order valence-corrected chi connectivity index (χ3v) is 3.40. The van der Waals surface area contributed by atoms with Crippen LogP contribution in [0.1, 0.15) is 10.4 Å². The molecule has 0 bridgehead atoms. The fraction of sp³-hybridized carbons (Fsp3) is 0.250. The molecule has 1 aromatic rings. The predicted molar refractivity (Wildman–Crippen MR) is 69.0 cm³/mol. The van der Waals surface area contributed by atoms with Gasteiger partial charge in [-0.3, -0.25) is 19.8 Å². The minimum Gasteiger partial charge on any atom is -0.314 e. The normalized spacial score (nSPS) is 21.8. The molecular formula is C12H9ClF3N3O3. The molecule has 4 amide bonds. The Morgan fingerprint density at radius 3 is 2.36 bits per heavy atom.